The van der Waals surface area contributed by atoms with E-state index in [-0.39, 0.29) is 0 Å². The Morgan fingerprint density at radius 1 is 1.17 bits per heavy atom. The van der Waals surface area contributed by atoms with Crippen molar-refractivity contribution in [3.8, 4) is 11.5 Å². The quantitative estimate of drug-likeness (QED) is 0.830. The molecule has 1 aliphatic rings. The molecular weight excluding hydrogens is 254 g/mol. The first-order valence-corrected chi connectivity index (χ1v) is 6.21. The van der Waals surface area contributed by atoms with E-state index in [2.05, 4.69) is 10.2 Å². The zero-order valence-electron chi connectivity index (χ0n) is 9.67. The minimum Gasteiger partial charge on any atom is -0.486 e. The monoisotopic (exact) mass is 265 g/mol. The van der Waals surface area contributed by atoms with E-state index in [1.165, 1.54) is 11.8 Å². The number of hydrogen-bond acceptors (Lipinski definition) is 7. The number of nitrogen functional groups attached to an aromatic ring is 1. The van der Waals surface area contributed by atoms with Gasteiger partial charge < -0.3 is 19.6 Å². The number of anilines is 1. The van der Waals surface area contributed by atoms with Crippen molar-refractivity contribution in [2.24, 2.45) is 0 Å². The fourth-order valence-electron chi connectivity index (χ4n) is 1.59. The number of nitrogens with zero attached hydrogens (tertiary/aromatic N) is 2. The van der Waals surface area contributed by atoms with Gasteiger partial charge in [-0.2, -0.15) is 0 Å². The maximum atomic E-state index is 5.95. The van der Waals surface area contributed by atoms with Crippen LogP contribution in [0, 0.1) is 6.92 Å². The van der Waals surface area contributed by atoms with E-state index >= 15 is 0 Å². The molecule has 0 saturated heterocycles. The van der Waals surface area contributed by atoms with Crippen molar-refractivity contribution in [2.75, 3.05) is 18.9 Å². The first-order chi connectivity index (χ1) is 8.72. The lowest BCUT2D eigenvalue weighted by atomic mass is 10.2. The van der Waals surface area contributed by atoms with Gasteiger partial charge in [0.25, 0.3) is 5.22 Å². The van der Waals surface area contributed by atoms with Gasteiger partial charge in [-0.3, -0.25) is 0 Å². The van der Waals surface area contributed by atoms with Crippen LogP contribution in [0.1, 0.15) is 5.89 Å². The first-order valence-electron chi connectivity index (χ1n) is 5.39. The molecule has 1 aromatic carbocycles. The van der Waals surface area contributed by atoms with E-state index in [9.17, 15) is 0 Å². The number of ether oxygens (including phenoxy) is 2. The number of benzene rings is 1. The summed E-state index contributed by atoms with van der Waals surface area (Å²) in [5.74, 6) is 1.88. The predicted octanol–water partition coefficient (Wildman–Crippen LogP) is 1.88. The van der Waals surface area contributed by atoms with Gasteiger partial charge in [0.05, 0.1) is 0 Å². The van der Waals surface area contributed by atoms with Gasteiger partial charge in [-0.15, -0.1) is 10.2 Å². The Hall–Kier alpha value is -1.89. The Morgan fingerprint density at radius 2 is 1.89 bits per heavy atom. The molecule has 0 unspecified atom stereocenters. The number of hydrogen-bond donors (Lipinski definition) is 1. The second-order valence-corrected chi connectivity index (χ2v) is 4.72. The molecule has 18 heavy (non-hydrogen) atoms. The number of nitrogens with two attached hydrogens (primary N) is 1. The van der Waals surface area contributed by atoms with E-state index in [1.54, 1.807) is 13.0 Å². The lowest BCUT2D eigenvalue weighted by Crippen LogP contribution is -2.15. The third-order valence-corrected chi connectivity index (χ3v) is 3.29. The molecule has 3 rings (SSSR count). The van der Waals surface area contributed by atoms with Crippen LogP contribution < -0.4 is 15.2 Å². The highest BCUT2D eigenvalue weighted by Gasteiger charge is 2.16. The second-order valence-electron chi connectivity index (χ2n) is 3.72. The first kappa shape index (κ1) is 11.2. The lowest BCUT2D eigenvalue weighted by molar-refractivity contribution is 0.171. The Morgan fingerprint density at radius 3 is 2.56 bits per heavy atom. The highest BCUT2D eigenvalue weighted by molar-refractivity contribution is 7.99. The average molecular weight is 265 g/mol. The summed E-state index contributed by atoms with van der Waals surface area (Å²) in [6.07, 6.45) is 0. The van der Waals surface area contributed by atoms with Crippen LogP contribution in [0.15, 0.2) is 26.7 Å². The molecule has 6 nitrogen and oxygen atoms in total. The smallest absolute Gasteiger partial charge is 0.281 e. The molecule has 2 aromatic rings. The van der Waals surface area contributed by atoms with Crippen LogP contribution in [-0.2, 0) is 0 Å². The number of fused-ring (bicyclic) bond motifs is 1. The van der Waals surface area contributed by atoms with Crippen LogP contribution in [-0.4, -0.2) is 23.4 Å². The highest BCUT2D eigenvalue weighted by atomic mass is 32.2. The van der Waals surface area contributed by atoms with E-state index in [1.807, 2.05) is 6.07 Å². The van der Waals surface area contributed by atoms with E-state index in [0.717, 1.165) is 4.90 Å². The van der Waals surface area contributed by atoms with Crippen molar-refractivity contribution in [1.29, 1.82) is 0 Å². The molecule has 0 aliphatic carbocycles. The van der Waals surface area contributed by atoms with Gasteiger partial charge in [-0.25, -0.2) is 0 Å². The molecule has 0 bridgehead atoms. The van der Waals surface area contributed by atoms with Crippen LogP contribution in [0.5, 0.6) is 11.5 Å². The molecule has 0 atom stereocenters. The largest absolute Gasteiger partial charge is 0.486 e. The molecule has 94 valence electrons. The van der Waals surface area contributed by atoms with Crippen LogP contribution >= 0.6 is 11.8 Å². The fourth-order valence-corrected chi connectivity index (χ4v) is 2.36. The zero-order valence-corrected chi connectivity index (χ0v) is 10.5. The average Bonchev–Trinajstić information content (AvgIpc) is 2.76. The second kappa shape index (κ2) is 4.41. The normalized spacial score (nSPS) is 13.6. The standard InChI is InChI=1S/C11H11N3O3S/c1-6-13-14-11(17-6)18-10-5-9-8(4-7(10)12)15-2-3-16-9/h4-5H,2-3,12H2,1H3. The Bertz CT molecular complexity index is 585. The summed E-state index contributed by atoms with van der Waals surface area (Å²) in [6, 6.07) is 3.58. The Labute approximate surface area is 107 Å². The topological polar surface area (TPSA) is 83.4 Å². The van der Waals surface area contributed by atoms with Crippen molar-refractivity contribution in [1.82, 2.24) is 10.2 Å². The summed E-state index contributed by atoms with van der Waals surface area (Å²) in [6.45, 7) is 2.83. The summed E-state index contributed by atoms with van der Waals surface area (Å²) >= 11 is 1.31. The maximum absolute atomic E-state index is 5.95. The minimum atomic E-state index is 0.455. The van der Waals surface area contributed by atoms with Gasteiger partial charge in [0.15, 0.2) is 11.5 Å². The third kappa shape index (κ3) is 2.08. The Kier molecular flexibility index (Phi) is 2.75. The van der Waals surface area contributed by atoms with Crippen LogP contribution in [0.2, 0.25) is 0 Å². The Balaban J connectivity index is 1.92. The minimum absolute atomic E-state index is 0.455. The van der Waals surface area contributed by atoms with Crippen LogP contribution in [0.25, 0.3) is 0 Å². The zero-order chi connectivity index (χ0) is 12.5. The fraction of sp³-hybridized carbons (Fsp3) is 0.273. The molecule has 0 amide bonds. The molecule has 0 fully saturated rings. The molecule has 1 aromatic heterocycles. The van der Waals surface area contributed by atoms with Crippen molar-refractivity contribution in [2.45, 2.75) is 17.0 Å². The highest BCUT2D eigenvalue weighted by Crippen LogP contribution is 2.40. The van der Waals surface area contributed by atoms with Crippen molar-refractivity contribution >= 4 is 17.4 Å². The summed E-state index contributed by atoms with van der Waals surface area (Å²) in [5.41, 5.74) is 6.55. The molecular formula is C11H11N3O3S. The van der Waals surface area contributed by atoms with Gasteiger partial charge in [0.1, 0.15) is 13.2 Å². The molecule has 2 N–H and O–H groups in total. The van der Waals surface area contributed by atoms with E-state index in [0.29, 0.717) is 41.5 Å². The van der Waals surface area contributed by atoms with E-state index in [4.69, 9.17) is 19.6 Å². The van der Waals surface area contributed by atoms with Gasteiger partial charge in [-0.05, 0) is 11.8 Å². The van der Waals surface area contributed by atoms with Gasteiger partial charge >= 0.3 is 0 Å². The molecule has 0 spiro atoms. The number of aromatic nitrogens is 2. The third-order valence-electron chi connectivity index (χ3n) is 2.38. The van der Waals surface area contributed by atoms with Crippen molar-refractivity contribution in [3.05, 3.63) is 18.0 Å². The van der Waals surface area contributed by atoms with Gasteiger partial charge in [-0.1, -0.05) is 0 Å². The van der Waals surface area contributed by atoms with Crippen LogP contribution in [0.3, 0.4) is 0 Å². The molecule has 0 radical (unpaired) electrons. The SMILES string of the molecule is Cc1nnc(Sc2cc3c(cc2N)OCCO3)o1. The number of aryl methyl sites for hydroxylation is 1. The van der Waals surface area contributed by atoms with Gasteiger partial charge in [0, 0.05) is 29.6 Å². The molecule has 0 saturated carbocycles. The number of rotatable bonds is 2. The van der Waals surface area contributed by atoms with Gasteiger partial charge in [0.2, 0.25) is 5.89 Å². The molecule has 2 heterocycles. The van der Waals surface area contributed by atoms with E-state index < -0.39 is 0 Å². The summed E-state index contributed by atoms with van der Waals surface area (Å²) < 4.78 is 16.2. The van der Waals surface area contributed by atoms with Crippen molar-refractivity contribution < 1.29 is 13.9 Å². The lowest BCUT2D eigenvalue weighted by Gasteiger charge is -2.19. The molecule has 7 heteroatoms. The summed E-state index contributed by atoms with van der Waals surface area (Å²) in [7, 11) is 0. The molecule has 1 aliphatic heterocycles. The summed E-state index contributed by atoms with van der Waals surface area (Å²) in [4.78, 5) is 0.808. The predicted molar refractivity (Wildman–Crippen MR) is 65.0 cm³/mol. The maximum Gasteiger partial charge on any atom is 0.281 e. The van der Waals surface area contributed by atoms with Crippen molar-refractivity contribution in [3.63, 3.8) is 0 Å². The summed E-state index contributed by atoms with van der Waals surface area (Å²) in [5, 5.41) is 8.13. The van der Waals surface area contributed by atoms with Crippen LogP contribution in [0.4, 0.5) is 5.69 Å².